The lowest BCUT2D eigenvalue weighted by Gasteiger charge is -2.07. The fraction of sp³-hybridized carbons (Fsp3) is 0.385. The molecule has 0 aliphatic carbocycles. The molecular weight excluding hydrogens is 285 g/mol. The summed E-state index contributed by atoms with van der Waals surface area (Å²) in [4.78, 5) is 0. The maximum absolute atomic E-state index is 13.1. The standard InChI is InChI=1S/C13H17BrFNO/c1-17-9-10(3-2-6-16)7-11-8-12(15)4-5-13(11)14/h4-5,7-8H,2-3,6,9,16H2,1H3/b10-7+. The Bertz CT molecular complexity index is 393. The zero-order chi connectivity index (χ0) is 12.7. The third-order valence-corrected chi connectivity index (χ3v) is 3.07. The van der Waals surface area contributed by atoms with Crippen molar-refractivity contribution in [1.82, 2.24) is 0 Å². The lowest BCUT2D eigenvalue weighted by atomic mass is 10.1. The van der Waals surface area contributed by atoms with Gasteiger partial charge in [-0.25, -0.2) is 4.39 Å². The molecule has 0 saturated heterocycles. The van der Waals surface area contributed by atoms with Crippen LogP contribution in [0.4, 0.5) is 4.39 Å². The van der Waals surface area contributed by atoms with E-state index in [1.54, 1.807) is 13.2 Å². The van der Waals surface area contributed by atoms with E-state index in [1.165, 1.54) is 12.1 Å². The second-order valence-electron chi connectivity index (χ2n) is 3.79. The molecule has 0 radical (unpaired) electrons. The maximum atomic E-state index is 13.1. The minimum absolute atomic E-state index is 0.241. The van der Waals surface area contributed by atoms with Crippen LogP contribution in [0, 0.1) is 5.82 Å². The minimum Gasteiger partial charge on any atom is -0.380 e. The summed E-state index contributed by atoms with van der Waals surface area (Å²) >= 11 is 3.40. The van der Waals surface area contributed by atoms with Crippen LogP contribution >= 0.6 is 15.9 Å². The van der Waals surface area contributed by atoms with Gasteiger partial charge in [0.1, 0.15) is 5.82 Å². The van der Waals surface area contributed by atoms with Gasteiger partial charge in [0.2, 0.25) is 0 Å². The molecule has 0 amide bonds. The van der Waals surface area contributed by atoms with Crippen molar-refractivity contribution >= 4 is 22.0 Å². The monoisotopic (exact) mass is 301 g/mol. The molecule has 0 aliphatic rings. The summed E-state index contributed by atoms with van der Waals surface area (Å²) in [5.74, 6) is -0.241. The number of rotatable bonds is 6. The average Bonchev–Trinajstić information content (AvgIpc) is 2.31. The zero-order valence-electron chi connectivity index (χ0n) is 9.88. The van der Waals surface area contributed by atoms with Gasteiger partial charge in [-0.15, -0.1) is 0 Å². The summed E-state index contributed by atoms with van der Waals surface area (Å²) in [6.07, 6.45) is 3.72. The van der Waals surface area contributed by atoms with Crippen LogP contribution in [0.25, 0.3) is 6.08 Å². The molecular formula is C13H17BrFNO. The highest BCUT2D eigenvalue weighted by Gasteiger charge is 2.02. The predicted octanol–water partition coefficient (Wildman–Crippen LogP) is 3.36. The fourth-order valence-electron chi connectivity index (χ4n) is 1.55. The summed E-state index contributed by atoms with van der Waals surface area (Å²) in [6, 6.07) is 4.63. The van der Waals surface area contributed by atoms with Gasteiger partial charge >= 0.3 is 0 Å². The van der Waals surface area contributed by atoms with E-state index >= 15 is 0 Å². The molecule has 0 heterocycles. The van der Waals surface area contributed by atoms with Crippen molar-refractivity contribution in [3.8, 4) is 0 Å². The molecule has 0 fully saturated rings. The molecule has 2 N–H and O–H groups in total. The Kier molecular flexibility index (Phi) is 6.40. The number of methoxy groups -OCH3 is 1. The smallest absolute Gasteiger partial charge is 0.123 e. The predicted molar refractivity (Wildman–Crippen MR) is 72.2 cm³/mol. The SMILES string of the molecule is COC/C(=C/c1cc(F)ccc1Br)CCCN. The van der Waals surface area contributed by atoms with Crippen molar-refractivity contribution in [3.05, 3.63) is 39.6 Å². The summed E-state index contributed by atoms with van der Waals surface area (Å²) < 4.78 is 19.1. The number of hydrogen-bond donors (Lipinski definition) is 1. The first-order chi connectivity index (χ1) is 8.17. The van der Waals surface area contributed by atoms with Crippen molar-refractivity contribution in [2.45, 2.75) is 12.8 Å². The zero-order valence-corrected chi connectivity index (χ0v) is 11.5. The van der Waals surface area contributed by atoms with Gasteiger partial charge in [-0.3, -0.25) is 0 Å². The second-order valence-corrected chi connectivity index (χ2v) is 4.65. The van der Waals surface area contributed by atoms with Crippen LogP contribution in [-0.4, -0.2) is 20.3 Å². The summed E-state index contributed by atoms with van der Waals surface area (Å²) in [7, 11) is 1.65. The molecule has 0 unspecified atom stereocenters. The van der Waals surface area contributed by atoms with E-state index in [0.29, 0.717) is 13.2 Å². The Hall–Kier alpha value is -0.710. The van der Waals surface area contributed by atoms with E-state index in [-0.39, 0.29) is 5.82 Å². The normalized spacial score (nSPS) is 11.9. The average molecular weight is 302 g/mol. The summed E-state index contributed by atoms with van der Waals surface area (Å²) in [5, 5.41) is 0. The van der Waals surface area contributed by atoms with Crippen LogP contribution in [0.2, 0.25) is 0 Å². The molecule has 0 aliphatic heterocycles. The van der Waals surface area contributed by atoms with E-state index in [2.05, 4.69) is 15.9 Å². The Morgan fingerprint density at radius 1 is 1.53 bits per heavy atom. The molecule has 1 aromatic rings. The van der Waals surface area contributed by atoms with Crippen LogP contribution in [0.15, 0.2) is 28.2 Å². The lowest BCUT2D eigenvalue weighted by Crippen LogP contribution is -2.02. The third-order valence-electron chi connectivity index (χ3n) is 2.35. The molecule has 0 bridgehead atoms. The van der Waals surface area contributed by atoms with Gasteiger partial charge < -0.3 is 10.5 Å². The molecule has 0 spiro atoms. The van der Waals surface area contributed by atoms with Gasteiger partial charge in [0.15, 0.2) is 0 Å². The second kappa shape index (κ2) is 7.58. The topological polar surface area (TPSA) is 35.2 Å². The van der Waals surface area contributed by atoms with Crippen LogP contribution in [0.3, 0.4) is 0 Å². The van der Waals surface area contributed by atoms with Gasteiger partial charge in [0.05, 0.1) is 6.61 Å². The highest BCUT2D eigenvalue weighted by Crippen LogP contribution is 2.22. The van der Waals surface area contributed by atoms with Crippen molar-refractivity contribution in [2.75, 3.05) is 20.3 Å². The Labute approximate surface area is 110 Å². The van der Waals surface area contributed by atoms with Gasteiger partial charge in [0, 0.05) is 11.6 Å². The van der Waals surface area contributed by atoms with Crippen LogP contribution in [0.1, 0.15) is 18.4 Å². The van der Waals surface area contributed by atoms with Gasteiger partial charge in [-0.2, -0.15) is 0 Å². The van der Waals surface area contributed by atoms with Gasteiger partial charge in [-0.05, 0) is 48.7 Å². The summed E-state index contributed by atoms with van der Waals surface area (Å²) in [5.41, 5.74) is 7.43. The van der Waals surface area contributed by atoms with Crippen molar-refractivity contribution in [3.63, 3.8) is 0 Å². The highest BCUT2D eigenvalue weighted by atomic mass is 79.9. The van der Waals surface area contributed by atoms with Crippen LogP contribution in [-0.2, 0) is 4.74 Å². The molecule has 94 valence electrons. The fourth-order valence-corrected chi connectivity index (χ4v) is 1.91. The molecule has 4 heteroatoms. The quantitative estimate of drug-likeness (QED) is 0.874. The number of benzene rings is 1. The van der Waals surface area contributed by atoms with Crippen molar-refractivity contribution in [1.29, 1.82) is 0 Å². The number of hydrogen-bond acceptors (Lipinski definition) is 2. The summed E-state index contributed by atoms with van der Waals surface area (Å²) in [6.45, 7) is 1.19. The van der Waals surface area contributed by atoms with E-state index in [4.69, 9.17) is 10.5 Å². The molecule has 1 rings (SSSR count). The van der Waals surface area contributed by atoms with Crippen molar-refractivity contribution < 1.29 is 9.13 Å². The number of nitrogens with two attached hydrogens (primary N) is 1. The first-order valence-corrected chi connectivity index (χ1v) is 6.30. The lowest BCUT2D eigenvalue weighted by molar-refractivity contribution is 0.223. The van der Waals surface area contributed by atoms with E-state index in [0.717, 1.165) is 28.5 Å². The first-order valence-electron chi connectivity index (χ1n) is 5.51. The molecule has 0 saturated carbocycles. The first kappa shape index (κ1) is 14.4. The van der Waals surface area contributed by atoms with Crippen molar-refractivity contribution in [2.24, 2.45) is 5.73 Å². The van der Waals surface area contributed by atoms with E-state index < -0.39 is 0 Å². The molecule has 17 heavy (non-hydrogen) atoms. The Balaban J connectivity index is 2.90. The van der Waals surface area contributed by atoms with E-state index in [1.807, 2.05) is 6.08 Å². The van der Waals surface area contributed by atoms with Gasteiger partial charge in [0.25, 0.3) is 0 Å². The molecule has 2 nitrogen and oxygen atoms in total. The third kappa shape index (κ3) is 4.98. The maximum Gasteiger partial charge on any atom is 0.123 e. The minimum atomic E-state index is -0.241. The molecule has 0 aromatic heterocycles. The van der Waals surface area contributed by atoms with Crippen LogP contribution in [0.5, 0.6) is 0 Å². The highest BCUT2D eigenvalue weighted by molar-refractivity contribution is 9.10. The van der Waals surface area contributed by atoms with E-state index in [9.17, 15) is 4.39 Å². The number of halogens is 2. The number of ether oxygens (including phenoxy) is 1. The Morgan fingerprint density at radius 3 is 2.94 bits per heavy atom. The van der Waals surface area contributed by atoms with Crippen LogP contribution < -0.4 is 5.73 Å². The molecule has 1 aromatic carbocycles. The van der Waals surface area contributed by atoms with Gasteiger partial charge in [-0.1, -0.05) is 22.0 Å². The molecule has 0 atom stereocenters. The Morgan fingerprint density at radius 2 is 2.29 bits per heavy atom. The largest absolute Gasteiger partial charge is 0.380 e.